The summed E-state index contributed by atoms with van der Waals surface area (Å²) in [5.41, 5.74) is 1.54. The lowest BCUT2D eigenvalue weighted by molar-refractivity contribution is -0.0487. The Hall–Kier alpha value is -2.11. The molecule has 0 radical (unpaired) electrons. The minimum absolute atomic E-state index is 0.304. The van der Waals surface area contributed by atoms with Crippen LogP contribution in [0.4, 0.5) is 4.39 Å². The Bertz CT molecular complexity index is 749. The Morgan fingerprint density at radius 2 is 2.08 bits per heavy atom. The van der Waals surface area contributed by atoms with Crippen molar-refractivity contribution in [3.8, 4) is 11.5 Å². The maximum Gasteiger partial charge on any atom is 0.154 e. The van der Waals surface area contributed by atoms with Crippen molar-refractivity contribution in [3.63, 3.8) is 0 Å². The lowest BCUT2D eigenvalue weighted by Crippen LogP contribution is -2.45. The second-order valence-electron chi connectivity index (χ2n) is 6.28. The van der Waals surface area contributed by atoms with E-state index in [1.807, 2.05) is 18.2 Å². The number of methoxy groups -OCH3 is 1. The van der Waals surface area contributed by atoms with Crippen molar-refractivity contribution in [1.29, 1.82) is 0 Å². The van der Waals surface area contributed by atoms with Gasteiger partial charge in [-0.2, -0.15) is 0 Å². The van der Waals surface area contributed by atoms with E-state index in [1.54, 1.807) is 27.1 Å². The van der Waals surface area contributed by atoms with Crippen LogP contribution in [0.3, 0.4) is 0 Å². The molecular formula is C19H22FNO3. The number of ether oxygens (including phenoxy) is 2. The number of likely N-dealkylation sites (N-methyl/N-ethyl adjacent to an activating group) is 1. The Labute approximate surface area is 141 Å². The zero-order valence-electron chi connectivity index (χ0n) is 14.1. The molecular weight excluding hydrogens is 309 g/mol. The van der Waals surface area contributed by atoms with Crippen LogP contribution in [-0.4, -0.2) is 31.4 Å². The fraction of sp³-hybridized carbons (Fsp3) is 0.368. The van der Waals surface area contributed by atoms with Crippen LogP contribution in [0.2, 0.25) is 0 Å². The van der Waals surface area contributed by atoms with Crippen molar-refractivity contribution in [2.75, 3.05) is 20.7 Å². The average Bonchev–Trinajstić information content (AvgIpc) is 2.81. The molecule has 0 heterocycles. The van der Waals surface area contributed by atoms with Gasteiger partial charge in [0.1, 0.15) is 22.9 Å². The van der Waals surface area contributed by atoms with E-state index in [4.69, 9.17) is 9.47 Å². The first-order valence-electron chi connectivity index (χ1n) is 7.93. The van der Waals surface area contributed by atoms with Gasteiger partial charge in [0.05, 0.1) is 7.11 Å². The highest BCUT2D eigenvalue weighted by molar-refractivity contribution is 5.45. The SMILES string of the molecule is CNCC1(O)Cc2cc(OC)ccc2C1Oc1ccc(F)cc1C. The molecule has 2 N–H and O–H groups in total. The van der Waals surface area contributed by atoms with E-state index in [1.165, 1.54) is 12.1 Å². The monoisotopic (exact) mass is 331 g/mol. The van der Waals surface area contributed by atoms with E-state index < -0.39 is 11.7 Å². The molecule has 2 atom stereocenters. The maximum absolute atomic E-state index is 13.3. The van der Waals surface area contributed by atoms with Gasteiger partial charge in [0.2, 0.25) is 0 Å². The zero-order valence-corrected chi connectivity index (χ0v) is 14.1. The minimum atomic E-state index is -1.08. The zero-order chi connectivity index (χ0) is 17.3. The van der Waals surface area contributed by atoms with Crippen LogP contribution in [0.1, 0.15) is 22.8 Å². The number of benzene rings is 2. The van der Waals surface area contributed by atoms with Gasteiger partial charge in [-0.05, 0) is 61.0 Å². The van der Waals surface area contributed by atoms with Crippen LogP contribution in [0.15, 0.2) is 36.4 Å². The molecule has 2 unspecified atom stereocenters. The van der Waals surface area contributed by atoms with Gasteiger partial charge >= 0.3 is 0 Å². The predicted octanol–water partition coefficient (Wildman–Crippen LogP) is 2.77. The highest BCUT2D eigenvalue weighted by Crippen LogP contribution is 2.43. The van der Waals surface area contributed by atoms with Crippen LogP contribution in [0.25, 0.3) is 0 Å². The summed E-state index contributed by atoms with van der Waals surface area (Å²) in [5, 5.41) is 14.2. The number of rotatable bonds is 5. The molecule has 5 heteroatoms. The molecule has 3 rings (SSSR count). The molecule has 0 aliphatic heterocycles. The molecule has 0 bridgehead atoms. The van der Waals surface area contributed by atoms with Gasteiger partial charge in [-0.1, -0.05) is 6.07 Å². The van der Waals surface area contributed by atoms with Gasteiger partial charge in [0.15, 0.2) is 6.10 Å². The molecule has 0 aromatic heterocycles. The molecule has 2 aromatic rings. The number of fused-ring (bicyclic) bond motifs is 1. The first-order valence-corrected chi connectivity index (χ1v) is 7.93. The quantitative estimate of drug-likeness (QED) is 0.885. The Morgan fingerprint density at radius 1 is 1.29 bits per heavy atom. The lowest BCUT2D eigenvalue weighted by Gasteiger charge is -2.31. The highest BCUT2D eigenvalue weighted by atomic mass is 19.1. The maximum atomic E-state index is 13.3. The van der Waals surface area contributed by atoms with Crippen LogP contribution in [-0.2, 0) is 6.42 Å². The normalized spacial score (nSPS) is 22.3. The van der Waals surface area contributed by atoms with Crippen molar-refractivity contribution in [2.45, 2.75) is 25.0 Å². The number of aryl methyl sites for hydroxylation is 1. The van der Waals surface area contributed by atoms with E-state index in [2.05, 4.69) is 5.32 Å². The summed E-state index contributed by atoms with van der Waals surface area (Å²) in [6, 6.07) is 10.1. The molecule has 0 saturated heterocycles. The summed E-state index contributed by atoms with van der Waals surface area (Å²) < 4.78 is 24.7. The Balaban J connectivity index is 1.99. The average molecular weight is 331 g/mol. The van der Waals surface area contributed by atoms with Crippen molar-refractivity contribution < 1.29 is 19.0 Å². The first-order chi connectivity index (χ1) is 11.5. The van der Waals surface area contributed by atoms with E-state index in [0.29, 0.717) is 24.3 Å². The fourth-order valence-electron chi connectivity index (χ4n) is 3.34. The molecule has 0 saturated carbocycles. The van der Waals surface area contributed by atoms with E-state index in [9.17, 15) is 9.50 Å². The van der Waals surface area contributed by atoms with Crippen molar-refractivity contribution in [3.05, 3.63) is 58.9 Å². The molecule has 1 aliphatic carbocycles. The molecule has 2 aromatic carbocycles. The summed E-state index contributed by atoms with van der Waals surface area (Å²) in [4.78, 5) is 0. The lowest BCUT2D eigenvalue weighted by atomic mass is 9.97. The Morgan fingerprint density at radius 3 is 2.75 bits per heavy atom. The molecule has 4 nitrogen and oxygen atoms in total. The van der Waals surface area contributed by atoms with Crippen LogP contribution >= 0.6 is 0 Å². The number of halogens is 1. The minimum Gasteiger partial charge on any atom is -0.497 e. The molecule has 128 valence electrons. The van der Waals surface area contributed by atoms with Crippen LogP contribution < -0.4 is 14.8 Å². The van der Waals surface area contributed by atoms with Crippen molar-refractivity contribution in [1.82, 2.24) is 5.32 Å². The molecule has 0 fully saturated rings. The highest BCUT2D eigenvalue weighted by Gasteiger charge is 2.46. The third kappa shape index (κ3) is 2.97. The summed E-state index contributed by atoms with van der Waals surface area (Å²) in [6.07, 6.45) is -0.0688. The predicted molar refractivity (Wildman–Crippen MR) is 90.1 cm³/mol. The van der Waals surface area contributed by atoms with Gasteiger partial charge in [-0.15, -0.1) is 0 Å². The van der Waals surface area contributed by atoms with Crippen LogP contribution in [0.5, 0.6) is 11.5 Å². The first kappa shape index (κ1) is 16.7. The largest absolute Gasteiger partial charge is 0.497 e. The van der Waals surface area contributed by atoms with E-state index >= 15 is 0 Å². The molecule has 0 spiro atoms. The molecule has 1 aliphatic rings. The van der Waals surface area contributed by atoms with Crippen LogP contribution in [0, 0.1) is 12.7 Å². The van der Waals surface area contributed by atoms with E-state index in [-0.39, 0.29) is 5.82 Å². The summed E-state index contributed by atoms with van der Waals surface area (Å²) in [7, 11) is 3.41. The second-order valence-corrected chi connectivity index (χ2v) is 6.28. The summed E-state index contributed by atoms with van der Waals surface area (Å²) in [5.74, 6) is 1.01. The van der Waals surface area contributed by atoms with Gasteiger partial charge < -0.3 is 19.9 Å². The topological polar surface area (TPSA) is 50.7 Å². The Kier molecular flexibility index (Phi) is 4.47. The summed E-state index contributed by atoms with van der Waals surface area (Å²) >= 11 is 0. The third-order valence-corrected chi connectivity index (χ3v) is 4.48. The van der Waals surface area contributed by atoms with E-state index in [0.717, 1.165) is 16.9 Å². The number of aliphatic hydroxyl groups is 1. The van der Waals surface area contributed by atoms with Crippen molar-refractivity contribution in [2.24, 2.45) is 0 Å². The van der Waals surface area contributed by atoms with Gasteiger partial charge in [-0.25, -0.2) is 4.39 Å². The molecule has 24 heavy (non-hydrogen) atoms. The standard InChI is InChI=1S/C19H22FNO3/c1-12-8-14(20)4-7-17(12)24-18-16-6-5-15(23-3)9-13(16)10-19(18,22)11-21-2/h4-9,18,21-22H,10-11H2,1-3H3. The van der Waals surface area contributed by atoms with Gasteiger partial charge in [0, 0.05) is 13.0 Å². The number of hydrogen-bond acceptors (Lipinski definition) is 4. The summed E-state index contributed by atoms with van der Waals surface area (Å²) in [6.45, 7) is 2.17. The fourth-order valence-corrected chi connectivity index (χ4v) is 3.34. The number of hydrogen-bond donors (Lipinski definition) is 2. The van der Waals surface area contributed by atoms with Gasteiger partial charge in [0.25, 0.3) is 0 Å². The number of nitrogens with one attached hydrogen (secondary N) is 1. The second kappa shape index (κ2) is 6.42. The third-order valence-electron chi connectivity index (χ3n) is 4.48. The molecule has 0 amide bonds. The van der Waals surface area contributed by atoms with Crippen molar-refractivity contribution >= 4 is 0 Å². The van der Waals surface area contributed by atoms with Gasteiger partial charge in [-0.3, -0.25) is 0 Å². The smallest absolute Gasteiger partial charge is 0.154 e.